The number of anilines is 1. The topological polar surface area (TPSA) is 71.1 Å². The van der Waals surface area contributed by atoms with Gasteiger partial charge in [-0.3, -0.25) is 14.6 Å². The number of carbonyl (C=O) groups excluding carboxylic acids is 2. The van der Waals surface area contributed by atoms with Crippen molar-refractivity contribution in [2.24, 2.45) is 0 Å². The molecule has 0 saturated carbocycles. The molecule has 0 aliphatic rings. The quantitative estimate of drug-likeness (QED) is 0.644. The van der Waals surface area contributed by atoms with Gasteiger partial charge in [-0.05, 0) is 53.8 Å². The van der Waals surface area contributed by atoms with Crippen LogP contribution in [0.2, 0.25) is 0 Å². The SMILES string of the molecule is Cc1ccccc1CNC(=O)c1cc(C(=O)Nc2ccc(C(C)C)cc2)ccn1. The van der Waals surface area contributed by atoms with Crippen LogP contribution >= 0.6 is 0 Å². The van der Waals surface area contributed by atoms with E-state index in [1.807, 2.05) is 55.5 Å². The molecular formula is C24H25N3O2. The van der Waals surface area contributed by atoms with Gasteiger partial charge in [0.15, 0.2) is 0 Å². The van der Waals surface area contributed by atoms with Crippen molar-refractivity contribution in [3.63, 3.8) is 0 Å². The zero-order valence-corrected chi connectivity index (χ0v) is 16.9. The molecule has 0 aliphatic carbocycles. The Morgan fingerprint density at radius 2 is 1.69 bits per heavy atom. The normalized spacial score (nSPS) is 10.6. The van der Waals surface area contributed by atoms with Crippen molar-refractivity contribution < 1.29 is 9.59 Å². The molecule has 0 fully saturated rings. The van der Waals surface area contributed by atoms with E-state index in [2.05, 4.69) is 29.5 Å². The smallest absolute Gasteiger partial charge is 0.270 e. The number of aryl methyl sites for hydroxylation is 1. The highest BCUT2D eigenvalue weighted by Gasteiger charge is 2.12. The average molecular weight is 387 g/mol. The van der Waals surface area contributed by atoms with E-state index < -0.39 is 0 Å². The van der Waals surface area contributed by atoms with Crippen molar-refractivity contribution in [2.45, 2.75) is 33.2 Å². The summed E-state index contributed by atoms with van der Waals surface area (Å²) in [7, 11) is 0. The summed E-state index contributed by atoms with van der Waals surface area (Å²) in [5.74, 6) is -0.164. The predicted octanol–water partition coefficient (Wildman–Crippen LogP) is 4.70. The van der Waals surface area contributed by atoms with Crippen molar-refractivity contribution in [1.82, 2.24) is 10.3 Å². The van der Waals surface area contributed by atoms with Crippen LogP contribution in [0.25, 0.3) is 0 Å². The number of hydrogen-bond donors (Lipinski definition) is 2. The number of hydrogen-bond acceptors (Lipinski definition) is 3. The third-order valence-electron chi connectivity index (χ3n) is 4.79. The number of benzene rings is 2. The van der Waals surface area contributed by atoms with Crippen LogP contribution in [0.3, 0.4) is 0 Å². The van der Waals surface area contributed by atoms with Crippen molar-refractivity contribution >= 4 is 17.5 Å². The Bertz CT molecular complexity index is 1010. The molecule has 0 radical (unpaired) electrons. The predicted molar refractivity (Wildman–Crippen MR) is 115 cm³/mol. The second kappa shape index (κ2) is 9.15. The van der Waals surface area contributed by atoms with Gasteiger partial charge in [0, 0.05) is 24.0 Å². The van der Waals surface area contributed by atoms with Gasteiger partial charge in [-0.25, -0.2) is 0 Å². The van der Waals surface area contributed by atoms with Gasteiger partial charge in [0.1, 0.15) is 5.69 Å². The molecule has 2 aromatic carbocycles. The molecule has 148 valence electrons. The van der Waals surface area contributed by atoms with Crippen molar-refractivity contribution in [1.29, 1.82) is 0 Å². The van der Waals surface area contributed by atoms with Gasteiger partial charge in [-0.1, -0.05) is 50.2 Å². The van der Waals surface area contributed by atoms with Crippen LogP contribution in [0, 0.1) is 6.92 Å². The fourth-order valence-corrected chi connectivity index (χ4v) is 2.93. The van der Waals surface area contributed by atoms with E-state index in [1.54, 1.807) is 6.07 Å². The first-order valence-corrected chi connectivity index (χ1v) is 9.64. The molecule has 1 aromatic heterocycles. The summed E-state index contributed by atoms with van der Waals surface area (Å²) < 4.78 is 0. The van der Waals surface area contributed by atoms with E-state index in [0.29, 0.717) is 23.7 Å². The molecular weight excluding hydrogens is 362 g/mol. The number of carbonyl (C=O) groups is 2. The molecule has 2 N–H and O–H groups in total. The number of nitrogens with one attached hydrogen (secondary N) is 2. The third-order valence-corrected chi connectivity index (χ3v) is 4.79. The van der Waals surface area contributed by atoms with E-state index in [1.165, 1.54) is 17.8 Å². The molecule has 0 bridgehead atoms. The number of amides is 2. The summed E-state index contributed by atoms with van der Waals surface area (Å²) in [4.78, 5) is 29.1. The maximum atomic E-state index is 12.6. The molecule has 5 heteroatoms. The van der Waals surface area contributed by atoms with Gasteiger partial charge in [0.2, 0.25) is 0 Å². The molecule has 5 nitrogen and oxygen atoms in total. The van der Waals surface area contributed by atoms with Crippen LogP contribution in [0.1, 0.15) is 57.3 Å². The summed E-state index contributed by atoms with van der Waals surface area (Å²) in [5.41, 5.74) is 4.66. The van der Waals surface area contributed by atoms with Crippen LogP contribution in [-0.2, 0) is 6.54 Å². The van der Waals surface area contributed by atoms with Crippen LogP contribution in [0.5, 0.6) is 0 Å². The Morgan fingerprint density at radius 1 is 0.966 bits per heavy atom. The maximum absolute atomic E-state index is 12.6. The standard InChI is InChI=1S/C24H25N3O2/c1-16(2)18-8-10-21(11-9-18)27-23(28)19-12-13-25-22(14-19)24(29)26-15-20-7-5-4-6-17(20)3/h4-14,16H,15H2,1-3H3,(H,26,29)(H,27,28). The summed E-state index contributed by atoms with van der Waals surface area (Å²) in [6.07, 6.45) is 1.47. The monoisotopic (exact) mass is 387 g/mol. The molecule has 29 heavy (non-hydrogen) atoms. The molecule has 3 rings (SSSR count). The number of aromatic nitrogens is 1. The van der Waals surface area contributed by atoms with E-state index in [0.717, 1.165) is 11.1 Å². The number of pyridine rings is 1. The van der Waals surface area contributed by atoms with E-state index in [-0.39, 0.29) is 17.5 Å². The highest BCUT2D eigenvalue weighted by Crippen LogP contribution is 2.18. The van der Waals surface area contributed by atoms with Gasteiger partial charge in [0.25, 0.3) is 11.8 Å². The Balaban J connectivity index is 1.65. The highest BCUT2D eigenvalue weighted by atomic mass is 16.2. The van der Waals surface area contributed by atoms with Crippen LogP contribution in [-0.4, -0.2) is 16.8 Å². The fourth-order valence-electron chi connectivity index (χ4n) is 2.93. The van der Waals surface area contributed by atoms with Crippen molar-refractivity contribution in [3.8, 4) is 0 Å². The Hall–Kier alpha value is -3.47. The second-order valence-electron chi connectivity index (χ2n) is 7.27. The maximum Gasteiger partial charge on any atom is 0.270 e. The lowest BCUT2D eigenvalue weighted by Gasteiger charge is -2.10. The van der Waals surface area contributed by atoms with Crippen LogP contribution in [0.4, 0.5) is 5.69 Å². The largest absolute Gasteiger partial charge is 0.347 e. The highest BCUT2D eigenvalue weighted by molar-refractivity contribution is 6.05. The molecule has 1 heterocycles. The Morgan fingerprint density at radius 3 is 2.38 bits per heavy atom. The summed E-state index contributed by atoms with van der Waals surface area (Å²) >= 11 is 0. The second-order valence-corrected chi connectivity index (χ2v) is 7.27. The van der Waals surface area contributed by atoms with Gasteiger partial charge in [-0.15, -0.1) is 0 Å². The summed E-state index contributed by atoms with van der Waals surface area (Å²) in [6, 6.07) is 18.7. The van der Waals surface area contributed by atoms with Crippen molar-refractivity contribution in [3.05, 3.63) is 94.8 Å². The average Bonchev–Trinajstić information content (AvgIpc) is 2.73. The molecule has 0 saturated heterocycles. The molecule has 0 aliphatic heterocycles. The van der Waals surface area contributed by atoms with Gasteiger partial charge < -0.3 is 10.6 Å². The zero-order chi connectivity index (χ0) is 20.8. The zero-order valence-electron chi connectivity index (χ0n) is 16.9. The minimum absolute atomic E-state index is 0.210. The van der Waals surface area contributed by atoms with Crippen LogP contribution in [0.15, 0.2) is 66.9 Å². The molecule has 2 amide bonds. The lowest BCUT2D eigenvalue weighted by atomic mass is 10.0. The summed E-state index contributed by atoms with van der Waals surface area (Å²) in [6.45, 7) is 6.65. The molecule has 3 aromatic rings. The lowest BCUT2D eigenvalue weighted by molar-refractivity contribution is 0.0946. The van der Waals surface area contributed by atoms with Gasteiger partial charge >= 0.3 is 0 Å². The minimum Gasteiger partial charge on any atom is -0.347 e. The number of rotatable bonds is 6. The van der Waals surface area contributed by atoms with E-state index in [4.69, 9.17) is 0 Å². The van der Waals surface area contributed by atoms with Crippen molar-refractivity contribution in [2.75, 3.05) is 5.32 Å². The van der Waals surface area contributed by atoms with E-state index in [9.17, 15) is 9.59 Å². The molecule has 0 unspecified atom stereocenters. The fraction of sp³-hybridized carbons (Fsp3) is 0.208. The summed E-state index contributed by atoms with van der Waals surface area (Å²) in [5, 5.41) is 5.71. The molecule has 0 atom stereocenters. The first kappa shape index (κ1) is 20.3. The van der Waals surface area contributed by atoms with Gasteiger partial charge in [-0.2, -0.15) is 0 Å². The minimum atomic E-state index is -0.316. The first-order valence-electron chi connectivity index (χ1n) is 9.64. The first-order chi connectivity index (χ1) is 13.9. The third kappa shape index (κ3) is 5.29. The Labute approximate surface area is 171 Å². The number of nitrogens with zero attached hydrogens (tertiary/aromatic N) is 1. The lowest BCUT2D eigenvalue weighted by Crippen LogP contribution is -2.24. The Kier molecular flexibility index (Phi) is 6.39. The van der Waals surface area contributed by atoms with Gasteiger partial charge in [0.05, 0.1) is 0 Å². The molecule has 0 spiro atoms. The van der Waals surface area contributed by atoms with Crippen LogP contribution < -0.4 is 10.6 Å². The van der Waals surface area contributed by atoms with E-state index >= 15 is 0 Å².